The molecule has 0 aromatic carbocycles. The van der Waals surface area contributed by atoms with Crippen LogP contribution in [0.1, 0.15) is 26.5 Å². The van der Waals surface area contributed by atoms with E-state index in [4.69, 9.17) is 0 Å². The quantitative estimate of drug-likeness (QED) is 0.787. The van der Waals surface area contributed by atoms with E-state index in [1.165, 1.54) is 33.0 Å². The first-order valence-corrected chi connectivity index (χ1v) is 5.65. The number of carbonyl (C=O) groups is 1. The van der Waals surface area contributed by atoms with Gasteiger partial charge in [0.2, 0.25) is 0 Å². The Morgan fingerprint density at radius 2 is 1.94 bits per heavy atom. The minimum Gasteiger partial charge on any atom is -0.455 e. The molecule has 0 atom stereocenters. The summed E-state index contributed by atoms with van der Waals surface area (Å²) in [5.41, 5.74) is -1.59. The lowest BCUT2D eigenvalue weighted by atomic mass is 10.1. The molecule has 0 N–H and O–H groups in total. The van der Waals surface area contributed by atoms with E-state index < -0.39 is 23.2 Å². The van der Waals surface area contributed by atoms with Gasteiger partial charge in [0.15, 0.2) is 0 Å². The Labute approximate surface area is 106 Å². The van der Waals surface area contributed by atoms with Gasteiger partial charge in [-0.1, -0.05) is 0 Å². The second-order valence-electron chi connectivity index (χ2n) is 4.44. The van der Waals surface area contributed by atoms with E-state index in [1.807, 2.05) is 0 Å². The molecule has 94 valence electrons. The topological polar surface area (TPSA) is 39.2 Å². The van der Waals surface area contributed by atoms with Gasteiger partial charge in [-0.25, -0.2) is 4.79 Å². The molecule has 0 spiro atoms. The zero-order valence-electron chi connectivity index (χ0n) is 9.63. The van der Waals surface area contributed by atoms with Crippen molar-refractivity contribution in [3.8, 4) is 0 Å². The van der Waals surface area contributed by atoms with E-state index in [0.29, 0.717) is 4.47 Å². The third-order valence-corrected chi connectivity index (χ3v) is 2.17. The number of ether oxygens (including phenoxy) is 1. The summed E-state index contributed by atoms with van der Waals surface area (Å²) in [7, 11) is 0. The molecule has 1 heterocycles. The first-order chi connectivity index (χ1) is 7.63. The first-order valence-electron chi connectivity index (χ1n) is 4.86. The Bertz CT molecular complexity index is 412. The van der Waals surface area contributed by atoms with Gasteiger partial charge in [0.25, 0.3) is 0 Å². The van der Waals surface area contributed by atoms with Crippen molar-refractivity contribution in [3.05, 3.63) is 28.5 Å². The van der Waals surface area contributed by atoms with Gasteiger partial charge in [-0.15, -0.1) is 0 Å². The Hall–Kier alpha value is -1.04. The number of nitrogens with zero attached hydrogens (tertiary/aromatic N) is 1. The maximum absolute atomic E-state index is 13.7. The van der Waals surface area contributed by atoms with Crippen LogP contribution in [0.4, 0.5) is 8.78 Å². The lowest BCUT2D eigenvalue weighted by Gasteiger charge is -2.23. The van der Waals surface area contributed by atoms with Crippen LogP contribution in [0.3, 0.4) is 0 Å². The molecule has 0 aliphatic carbocycles. The third kappa shape index (κ3) is 3.73. The Morgan fingerprint density at radius 3 is 2.35 bits per heavy atom. The summed E-state index contributed by atoms with van der Waals surface area (Å²) in [6.45, 7) is 4.57. The summed E-state index contributed by atoms with van der Waals surface area (Å²) < 4.78 is 32.5. The van der Waals surface area contributed by atoms with Crippen LogP contribution in [-0.2, 0) is 15.5 Å². The number of rotatable bonds is 2. The van der Waals surface area contributed by atoms with Crippen LogP contribution < -0.4 is 0 Å². The average Bonchev–Trinajstić information content (AvgIpc) is 2.15. The van der Waals surface area contributed by atoms with Gasteiger partial charge in [-0.05, 0) is 48.8 Å². The molecular weight excluding hydrogens is 296 g/mol. The summed E-state index contributed by atoms with van der Waals surface area (Å²) in [6, 6.07) is 2.47. The number of carbonyl (C=O) groups excluding carboxylic acids is 1. The highest BCUT2D eigenvalue weighted by Gasteiger charge is 2.45. The SMILES string of the molecule is CC(C)(C)OC(=O)C(F)(F)c1ccc(Br)cn1. The molecule has 0 radical (unpaired) electrons. The summed E-state index contributed by atoms with van der Waals surface area (Å²) in [5.74, 6) is -5.34. The van der Waals surface area contributed by atoms with Crippen molar-refractivity contribution < 1.29 is 18.3 Å². The van der Waals surface area contributed by atoms with Crippen LogP contribution in [0.15, 0.2) is 22.8 Å². The molecule has 0 bridgehead atoms. The maximum atomic E-state index is 13.7. The summed E-state index contributed by atoms with van der Waals surface area (Å²) in [4.78, 5) is 14.8. The average molecular weight is 308 g/mol. The second-order valence-corrected chi connectivity index (χ2v) is 5.35. The van der Waals surface area contributed by atoms with Gasteiger partial charge in [0.05, 0.1) is 0 Å². The predicted molar refractivity (Wildman–Crippen MR) is 61.7 cm³/mol. The molecule has 3 nitrogen and oxygen atoms in total. The molecule has 0 saturated heterocycles. The molecule has 0 aliphatic rings. The number of halogens is 3. The van der Waals surface area contributed by atoms with Crippen molar-refractivity contribution in [2.24, 2.45) is 0 Å². The van der Waals surface area contributed by atoms with Crippen LogP contribution in [0.2, 0.25) is 0 Å². The van der Waals surface area contributed by atoms with Gasteiger partial charge in [0, 0.05) is 10.7 Å². The van der Waals surface area contributed by atoms with E-state index >= 15 is 0 Å². The standard InChI is InChI=1S/C11H12BrF2NO2/c1-10(2,3)17-9(16)11(13,14)8-5-4-7(12)6-15-8/h4-6H,1-3H3. The smallest absolute Gasteiger partial charge is 0.384 e. The van der Waals surface area contributed by atoms with Crippen LogP contribution in [0.25, 0.3) is 0 Å². The van der Waals surface area contributed by atoms with Crippen molar-refractivity contribution in [1.82, 2.24) is 4.98 Å². The lowest BCUT2D eigenvalue weighted by molar-refractivity contribution is -0.185. The molecule has 1 rings (SSSR count). The zero-order chi connectivity index (χ0) is 13.3. The fourth-order valence-corrected chi connectivity index (χ4v) is 1.24. The largest absolute Gasteiger partial charge is 0.455 e. The van der Waals surface area contributed by atoms with E-state index in [1.54, 1.807) is 0 Å². The van der Waals surface area contributed by atoms with Crippen LogP contribution >= 0.6 is 15.9 Å². The number of aromatic nitrogens is 1. The Balaban J connectivity index is 2.94. The number of alkyl halides is 2. The van der Waals surface area contributed by atoms with E-state index in [2.05, 4.69) is 25.7 Å². The molecule has 0 aliphatic heterocycles. The minimum atomic E-state index is -3.74. The fourth-order valence-electron chi connectivity index (χ4n) is 1.01. The lowest BCUT2D eigenvalue weighted by Crippen LogP contribution is -2.35. The van der Waals surface area contributed by atoms with E-state index in [9.17, 15) is 13.6 Å². The monoisotopic (exact) mass is 307 g/mol. The van der Waals surface area contributed by atoms with Crippen molar-refractivity contribution in [2.45, 2.75) is 32.3 Å². The molecule has 0 fully saturated rings. The van der Waals surface area contributed by atoms with E-state index in [0.717, 1.165) is 6.07 Å². The van der Waals surface area contributed by atoms with Crippen LogP contribution in [0.5, 0.6) is 0 Å². The number of pyridine rings is 1. The van der Waals surface area contributed by atoms with Crippen LogP contribution in [0, 0.1) is 0 Å². The normalized spacial score (nSPS) is 12.4. The Morgan fingerprint density at radius 1 is 1.35 bits per heavy atom. The van der Waals surface area contributed by atoms with Crippen LogP contribution in [-0.4, -0.2) is 16.6 Å². The van der Waals surface area contributed by atoms with Crippen molar-refractivity contribution >= 4 is 21.9 Å². The molecule has 17 heavy (non-hydrogen) atoms. The number of hydrogen-bond donors (Lipinski definition) is 0. The molecule has 1 aromatic rings. The maximum Gasteiger partial charge on any atom is 0.384 e. The van der Waals surface area contributed by atoms with Crippen molar-refractivity contribution in [3.63, 3.8) is 0 Å². The highest BCUT2D eigenvalue weighted by atomic mass is 79.9. The molecule has 6 heteroatoms. The van der Waals surface area contributed by atoms with Crippen molar-refractivity contribution in [2.75, 3.05) is 0 Å². The van der Waals surface area contributed by atoms with Gasteiger partial charge >= 0.3 is 11.9 Å². The number of hydrogen-bond acceptors (Lipinski definition) is 3. The van der Waals surface area contributed by atoms with Gasteiger partial charge < -0.3 is 4.74 Å². The Kier molecular flexibility index (Phi) is 3.86. The zero-order valence-corrected chi connectivity index (χ0v) is 11.2. The number of esters is 1. The highest BCUT2D eigenvalue weighted by molar-refractivity contribution is 9.10. The van der Waals surface area contributed by atoms with Gasteiger partial charge in [-0.3, -0.25) is 4.98 Å². The van der Waals surface area contributed by atoms with Gasteiger partial charge in [0.1, 0.15) is 11.3 Å². The summed E-state index contributed by atoms with van der Waals surface area (Å²) in [6.07, 6.45) is 1.20. The molecule has 0 unspecified atom stereocenters. The molecule has 1 aromatic heterocycles. The molecule has 0 amide bonds. The highest BCUT2D eigenvalue weighted by Crippen LogP contribution is 2.30. The minimum absolute atomic E-state index is 0.557. The summed E-state index contributed by atoms with van der Waals surface area (Å²) in [5, 5.41) is 0. The molecule has 0 saturated carbocycles. The van der Waals surface area contributed by atoms with Gasteiger partial charge in [-0.2, -0.15) is 8.78 Å². The van der Waals surface area contributed by atoms with Crippen molar-refractivity contribution in [1.29, 1.82) is 0 Å². The first kappa shape index (κ1) is 14.0. The molecular formula is C11H12BrF2NO2. The predicted octanol–water partition coefficient (Wildman–Crippen LogP) is 3.28. The third-order valence-electron chi connectivity index (χ3n) is 1.70. The second kappa shape index (κ2) is 4.68. The van der Waals surface area contributed by atoms with E-state index in [-0.39, 0.29) is 0 Å². The fraction of sp³-hybridized carbons (Fsp3) is 0.455. The summed E-state index contributed by atoms with van der Waals surface area (Å²) >= 11 is 3.07.